The maximum absolute atomic E-state index is 12.9. The van der Waals surface area contributed by atoms with Crippen molar-refractivity contribution in [3.63, 3.8) is 0 Å². The van der Waals surface area contributed by atoms with Crippen LogP contribution in [-0.2, 0) is 0 Å². The molecule has 18 heavy (non-hydrogen) atoms. The van der Waals surface area contributed by atoms with Crippen molar-refractivity contribution in [2.75, 3.05) is 5.73 Å². The number of halogens is 2. The third-order valence-corrected chi connectivity index (χ3v) is 2.96. The normalized spacial score (nSPS) is 11.0. The first-order valence-corrected chi connectivity index (χ1v) is 5.72. The van der Waals surface area contributed by atoms with Crippen molar-refractivity contribution < 1.29 is 4.39 Å². The third kappa shape index (κ3) is 1.71. The molecule has 2 N–H and O–H groups in total. The highest BCUT2D eigenvalue weighted by atomic mass is 35.5. The number of anilines is 1. The molecule has 3 nitrogen and oxygen atoms in total. The van der Waals surface area contributed by atoms with Crippen molar-refractivity contribution in [3.05, 3.63) is 53.3 Å². The van der Waals surface area contributed by atoms with Gasteiger partial charge in [-0.15, -0.1) is 0 Å². The molecule has 0 saturated heterocycles. The van der Waals surface area contributed by atoms with Crippen molar-refractivity contribution >= 4 is 28.6 Å². The van der Waals surface area contributed by atoms with E-state index in [4.69, 9.17) is 17.3 Å². The minimum atomic E-state index is -0.287. The number of rotatable bonds is 1. The molecule has 0 atom stereocenters. The van der Waals surface area contributed by atoms with Gasteiger partial charge < -0.3 is 5.73 Å². The molecule has 0 radical (unpaired) electrons. The average Bonchev–Trinajstić information content (AvgIpc) is 2.65. The van der Waals surface area contributed by atoms with Gasteiger partial charge >= 0.3 is 0 Å². The summed E-state index contributed by atoms with van der Waals surface area (Å²) in [5.74, 6) is 0.0589. The van der Waals surface area contributed by atoms with E-state index in [-0.39, 0.29) is 5.82 Å². The zero-order chi connectivity index (χ0) is 12.7. The van der Waals surface area contributed by atoms with E-state index in [0.29, 0.717) is 16.5 Å². The van der Waals surface area contributed by atoms with Crippen LogP contribution in [0.2, 0.25) is 5.02 Å². The van der Waals surface area contributed by atoms with Crippen LogP contribution in [-0.4, -0.2) is 9.55 Å². The lowest BCUT2D eigenvalue weighted by Gasteiger charge is -2.06. The number of imidazole rings is 1. The Kier molecular flexibility index (Phi) is 2.45. The molecule has 0 spiro atoms. The molecule has 0 amide bonds. The minimum Gasteiger partial charge on any atom is -0.369 e. The first-order chi connectivity index (χ1) is 8.65. The second kappa shape index (κ2) is 3.99. The van der Waals surface area contributed by atoms with Gasteiger partial charge in [0, 0.05) is 10.7 Å². The number of aromatic nitrogens is 2. The number of nitrogens with two attached hydrogens (primary N) is 1. The zero-order valence-corrected chi connectivity index (χ0v) is 10.0. The fourth-order valence-corrected chi connectivity index (χ4v) is 2.10. The van der Waals surface area contributed by atoms with Crippen molar-refractivity contribution in [1.82, 2.24) is 9.55 Å². The number of hydrogen-bond donors (Lipinski definition) is 1. The Hall–Kier alpha value is -2.07. The molecule has 0 bridgehead atoms. The largest absolute Gasteiger partial charge is 0.369 e. The van der Waals surface area contributed by atoms with E-state index in [1.165, 1.54) is 12.1 Å². The maximum atomic E-state index is 12.9. The zero-order valence-electron chi connectivity index (χ0n) is 9.27. The van der Waals surface area contributed by atoms with E-state index in [0.717, 1.165) is 11.2 Å². The Morgan fingerprint density at radius 3 is 2.56 bits per heavy atom. The van der Waals surface area contributed by atoms with E-state index in [1.54, 1.807) is 28.8 Å². The fourth-order valence-electron chi connectivity index (χ4n) is 1.93. The van der Waals surface area contributed by atoms with Gasteiger partial charge in [-0.2, -0.15) is 0 Å². The highest BCUT2D eigenvalue weighted by Gasteiger charge is 2.10. The van der Waals surface area contributed by atoms with Crippen LogP contribution < -0.4 is 5.73 Å². The summed E-state index contributed by atoms with van der Waals surface area (Å²) in [4.78, 5) is 4.24. The van der Waals surface area contributed by atoms with E-state index < -0.39 is 0 Å². The van der Waals surface area contributed by atoms with Crippen LogP contribution in [0.3, 0.4) is 0 Å². The van der Waals surface area contributed by atoms with Crippen molar-refractivity contribution in [2.45, 2.75) is 0 Å². The van der Waals surface area contributed by atoms with E-state index in [9.17, 15) is 4.39 Å². The Morgan fingerprint density at radius 2 is 1.83 bits per heavy atom. The van der Waals surface area contributed by atoms with Crippen LogP contribution in [0, 0.1) is 5.82 Å². The fraction of sp³-hybridized carbons (Fsp3) is 0. The summed E-state index contributed by atoms with van der Waals surface area (Å²) in [6.45, 7) is 0. The van der Waals surface area contributed by atoms with Gasteiger partial charge in [0.1, 0.15) is 5.82 Å². The van der Waals surface area contributed by atoms with Gasteiger partial charge in [0.15, 0.2) is 0 Å². The molecule has 3 aromatic rings. The van der Waals surface area contributed by atoms with E-state index in [1.807, 2.05) is 6.07 Å². The van der Waals surface area contributed by atoms with Crippen LogP contribution in [0.4, 0.5) is 10.3 Å². The summed E-state index contributed by atoms with van der Waals surface area (Å²) in [5, 5.41) is 0.603. The van der Waals surface area contributed by atoms with Gasteiger partial charge in [0.05, 0.1) is 11.0 Å². The molecule has 0 aliphatic heterocycles. The quantitative estimate of drug-likeness (QED) is 0.730. The van der Waals surface area contributed by atoms with Crippen LogP contribution in [0.5, 0.6) is 0 Å². The van der Waals surface area contributed by atoms with Gasteiger partial charge in [-0.1, -0.05) is 11.6 Å². The SMILES string of the molecule is Nc1nc2cc(Cl)ccc2n1-c1ccc(F)cc1. The van der Waals surface area contributed by atoms with Crippen LogP contribution in [0.15, 0.2) is 42.5 Å². The third-order valence-electron chi connectivity index (χ3n) is 2.73. The molecular weight excluding hydrogens is 253 g/mol. The molecule has 5 heteroatoms. The lowest BCUT2D eigenvalue weighted by molar-refractivity contribution is 0.627. The summed E-state index contributed by atoms with van der Waals surface area (Å²) in [7, 11) is 0. The lowest BCUT2D eigenvalue weighted by atomic mass is 10.2. The first-order valence-electron chi connectivity index (χ1n) is 5.34. The molecule has 2 aromatic carbocycles. The highest BCUT2D eigenvalue weighted by molar-refractivity contribution is 6.31. The summed E-state index contributed by atoms with van der Waals surface area (Å²) >= 11 is 5.91. The van der Waals surface area contributed by atoms with Gasteiger partial charge in [-0.05, 0) is 42.5 Å². The van der Waals surface area contributed by atoms with E-state index >= 15 is 0 Å². The maximum Gasteiger partial charge on any atom is 0.205 e. The molecule has 0 aliphatic carbocycles. The second-order valence-electron chi connectivity index (χ2n) is 3.91. The van der Waals surface area contributed by atoms with Crippen LogP contribution >= 0.6 is 11.6 Å². The van der Waals surface area contributed by atoms with Gasteiger partial charge in [-0.3, -0.25) is 4.57 Å². The predicted octanol–water partition coefficient (Wildman–Crippen LogP) is 3.40. The molecule has 1 heterocycles. The lowest BCUT2D eigenvalue weighted by Crippen LogP contribution is -2.00. The highest BCUT2D eigenvalue weighted by Crippen LogP contribution is 2.25. The topological polar surface area (TPSA) is 43.8 Å². The number of nitrogen functional groups attached to an aromatic ring is 1. The second-order valence-corrected chi connectivity index (χ2v) is 4.35. The number of fused-ring (bicyclic) bond motifs is 1. The Morgan fingerprint density at radius 1 is 1.11 bits per heavy atom. The summed E-state index contributed by atoms with van der Waals surface area (Å²) in [6, 6.07) is 11.4. The van der Waals surface area contributed by atoms with Gasteiger partial charge in [0.25, 0.3) is 0 Å². The Labute approximate surface area is 108 Å². The summed E-state index contributed by atoms with van der Waals surface area (Å²) in [6.07, 6.45) is 0. The van der Waals surface area contributed by atoms with Gasteiger partial charge in [-0.25, -0.2) is 9.37 Å². The Bertz CT molecular complexity index is 719. The molecule has 0 unspecified atom stereocenters. The Balaban J connectivity index is 2.28. The molecule has 1 aromatic heterocycles. The smallest absolute Gasteiger partial charge is 0.205 e. The van der Waals surface area contributed by atoms with Gasteiger partial charge in [0.2, 0.25) is 5.95 Å². The van der Waals surface area contributed by atoms with Crippen molar-refractivity contribution in [3.8, 4) is 5.69 Å². The summed E-state index contributed by atoms with van der Waals surface area (Å²) < 4.78 is 14.7. The molecule has 3 rings (SSSR count). The number of nitrogens with zero attached hydrogens (tertiary/aromatic N) is 2. The predicted molar refractivity (Wildman–Crippen MR) is 70.5 cm³/mol. The monoisotopic (exact) mass is 261 g/mol. The first kappa shape index (κ1) is 11.0. The van der Waals surface area contributed by atoms with Crippen molar-refractivity contribution in [1.29, 1.82) is 0 Å². The average molecular weight is 262 g/mol. The van der Waals surface area contributed by atoms with Crippen LogP contribution in [0.1, 0.15) is 0 Å². The van der Waals surface area contributed by atoms with Crippen LogP contribution in [0.25, 0.3) is 16.7 Å². The summed E-state index contributed by atoms with van der Waals surface area (Å²) in [5.41, 5.74) is 8.20. The number of hydrogen-bond acceptors (Lipinski definition) is 2. The molecular formula is C13H9ClFN3. The molecule has 90 valence electrons. The van der Waals surface area contributed by atoms with E-state index in [2.05, 4.69) is 4.98 Å². The molecule has 0 aliphatic rings. The number of benzene rings is 2. The molecule has 0 fully saturated rings. The standard InChI is InChI=1S/C13H9ClFN3/c14-8-1-6-12-11(7-8)17-13(16)18(12)10-4-2-9(15)3-5-10/h1-7H,(H2,16,17). The van der Waals surface area contributed by atoms with Crippen molar-refractivity contribution in [2.24, 2.45) is 0 Å². The minimum absolute atomic E-state index is 0.287. The molecule has 0 saturated carbocycles.